The number of anilines is 2. The molecule has 0 unspecified atom stereocenters. The molecule has 0 saturated heterocycles. The Labute approximate surface area is 139 Å². The molecule has 0 aliphatic carbocycles. The SMILES string of the molecule is COc1cc(Br)cc(Nc2ccc(Br)cc2C(N)=S)c1. The first-order valence-corrected chi connectivity index (χ1v) is 7.70. The topological polar surface area (TPSA) is 47.3 Å². The van der Waals surface area contributed by atoms with Crippen LogP contribution in [0.1, 0.15) is 5.56 Å². The van der Waals surface area contributed by atoms with E-state index in [0.29, 0.717) is 4.99 Å². The molecule has 3 nitrogen and oxygen atoms in total. The van der Waals surface area contributed by atoms with Gasteiger partial charge in [-0.05, 0) is 30.3 Å². The van der Waals surface area contributed by atoms with E-state index in [0.717, 1.165) is 31.6 Å². The minimum Gasteiger partial charge on any atom is -0.497 e. The van der Waals surface area contributed by atoms with Crippen molar-refractivity contribution in [2.75, 3.05) is 12.4 Å². The molecule has 0 fully saturated rings. The highest BCUT2D eigenvalue weighted by Crippen LogP contribution is 2.29. The Bertz CT molecular complexity index is 662. The molecule has 0 heterocycles. The van der Waals surface area contributed by atoms with Crippen LogP contribution < -0.4 is 15.8 Å². The maximum absolute atomic E-state index is 5.76. The number of nitrogens with two attached hydrogens (primary N) is 1. The van der Waals surface area contributed by atoms with Crippen molar-refractivity contribution in [1.82, 2.24) is 0 Å². The van der Waals surface area contributed by atoms with E-state index in [2.05, 4.69) is 37.2 Å². The van der Waals surface area contributed by atoms with Gasteiger partial charge in [-0.1, -0.05) is 44.1 Å². The molecule has 104 valence electrons. The molecule has 0 saturated carbocycles. The molecular weight excluding hydrogens is 404 g/mol. The molecule has 0 aliphatic heterocycles. The van der Waals surface area contributed by atoms with Gasteiger partial charge in [-0.15, -0.1) is 0 Å². The Balaban J connectivity index is 2.39. The molecule has 2 aromatic rings. The lowest BCUT2D eigenvalue weighted by Crippen LogP contribution is -2.12. The van der Waals surface area contributed by atoms with Crippen LogP contribution in [0.15, 0.2) is 45.3 Å². The molecule has 2 aromatic carbocycles. The predicted octanol–water partition coefficient (Wildman–Crippen LogP) is 4.60. The number of nitrogens with one attached hydrogen (secondary N) is 1. The Morgan fingerprint density at radius 1 is 1.15 bits per heavy atom. The fraction of sp³-hybridized carbons (Fsp3) is 0.0714. The van der Waals surface area contributed by atoms with Gasteiger partial charge in [0, 0.05) is 32.0 Å². The van der Waals surface area contributed by atoms with E-state index in [1.54, 1.807) is 7.11 Å². The lowest BCUT2D eigenvalue weighted by Gasteiger charge is -2.13. The Morgan fingerprint density at radius 2 is 1.90 bits per heavy atom. The number of hydrogen-bond acceptors (Lipinski definition) is 3. The highest BCUT2D eigenvalue weighted by Gasteiger charge is 2.07. The van der Waals surface area contributed by atoms with Crippen molar-refractivity contribution in [2.45, 2.75) is 0 Å². The van der Waals surface area contributed by atoms with E-state index >= 15 is 0 Å². The van der Waals surface area contributed by atoms with Crippen molar-refractivity contribution < 1.29 is 4.74 Å². The number of rotatable bonds is 4. The summed E-state index contributed by atoms with van der Waals surface area (Å²) in [6.45, 7) is 0. The van der Waals surface area contributed by atoms with E-state index in [4.69, 9.17) is 22.7 Å². The summed E-state index contributed by atoms with van der Waals surface area (Å²) in [7, 11) is 1.63. The lowest BCUT2D eigenvalue weighted by molar-refractivity contribution is 0.415. The third kappa shape index (κ3) is 3.71. The summed E-state index contributed by atoms with van der Waals surface area (Å²) in [5.41, 5.74) is 8.28. The van der Waals surface area contributed by atoms with Crippen LogP contribution in [0.2, 0.25) is 0 Å². The van der Waals surface area contributed by atoms with Gasteiger partial charge in [-0.3, -0.25) is 0 Å². The second-order valence-electron chi connectivity index (χ2n) is 4.06. The van der Waals surface area contributed by atoms with Gasteiger partial charge in [0.2, 0.25) is 0 Å². The molecule has 0 aliphatic rings. The zero-order chi connectivity index (χ0) is 14.7. The summed E-state index contributed by atoms with van der Waals surface area (Å²) in [6.07, 6.45) is 0. The van der Waals surface area contributed by atoms with E-state index in [1.807, 2.05) is 36.4 Å². The first kappa shape index (κ1) is 15.3. The van der Waals surface area contributed by atoms with Crippen molar-refractivity contribution in [3.8, 4) is 5.75 Å². The van der Waals surface area contributed by atoms with E-state index in [1.165, 1.54) is 0 Å². The van der Waals surface area contributed by atoms with Crippen LogP contribution in [0.25, 0.3) is 0 Å². The number of halogens is 2. The van der Waals surface area contributed by atoms with Crippen molar-refractivity contribution in [1.29, 1.82) is 0 Å². The van der Waals surface area contributed by atoms with Crippen LogP contribution in [0, 0.1) is 0 Å². The minimum atomic E-state index is 0.343. The average Bonchev–Trinajstić information content (AvgIpc) is 2.40. The molecule has 2 rings (SSSR count). The summed E-state index contributed by atoms with van der Waals surface area (Å²) in [5, 5.41) is 3.30. The van der Waals surface area contributed by atoms with Gasteiger partial charge in [0.05, 0.1) is 7.11 Å². The molecule has 3 N–H and O–H groups in total. The Hall–Kier alpha value is -1.11. The second kappa shape index (κ2) is 6.56. The summed E-state index contributed by atoms with van der Waals surface area (Å²) >= 11 is 11.9. The third-order valence-electron chi connectivity index (χ3n) is 2.63. The summed E-state index contributed by atoms with van der Waals surface area (Å²) in [5.74, 6) is 0.760. The third-order valence-corrected chi connectivity index (χ3v) is 3.80. The van der Waals surface area contributed by atoms with Gasteiger partial charge >= 0.3 is 0 Å². The fourth-order valence-corrected chi connectivity index (χ4v) is 2.74. The number of ether oxygens (including phenoxy) is 1. The number of benzene rings is 2. The van der Waals surface area contributed by atoms with Crippen LogP contribution in [-0.2, 0) is 0 Å². The van der Waals surface area contributed by atoms with Crippen LogP contribution in [0.3, 0.4) is 0 Å². The molecular formula is C14H12Br2N2OS. The monoisotopic (exact) mass is 414 g/mol. The molecule has 0 atom stereocenters. The number of hydrogen-bond donors (Lipinski definition) is 2. The Morgan fingerprint density at radius 3 is 2.55 bits per heavy atom. The van der Waals surface area contributed by atoms with Crippen molar-refractivity contribution >= 4 is 60.4 Å². The van der Waals surface area contributed by atoms with Crippen LogP contribution in [0.4, 0.5) is 11.4 Å². The van der Waals surface area contributed by atoms with Gasteiger partial charge in [0.25, 0.3) is 0 Å². The van der Waals surface area contributed by atoms with Gasteiger partial charge in [-0.2, -0.15) is 0 Å². The Kier molecular flexibility index (Phi) is 5.01. The predicted molar refractivity (Wildman–Crippen MR) is 94.0 cm³/mol. The van der Waals surface area contributed by atoms with Crippen molar-refractivity contribution in [2.24, 2.45) is 5.73 Å². The smallest absolute Gasteiger partial charge is 0.122 e. The minimum absolute atomic E-state index is 0.343. The molecule has 0 radical (unpaired) electrons. The zero-order valence-electron chi connectivity index (χ0n) is 10.6. The van der Waals surface area contributed by atoms with Crippen LogP contribution in [0.5, 0.6) is 5.75 Å². The maximum Gasteiger partial charge on any atom is 0.122 e. The van der Waals surface area contributed by atoms with Gasteiger partial charge in [0.1, 0.15) is 10.7 Å². The molecule has 6 heteroatoms. The molecule has 0 aromatic heterocycles. The molecule has 20 heavy (non-hydrogen) atoms. The fourth-order valence-electron chi connectivity index (χ4n) is 1.74. The molecule has 0 bridgehead atoms. The second-order valence-corrected chi connectivity index (χ2v) is 6.33. The van der Waals surface area contributed by atoms with E-state index in [9.17, 15) is 0 Å². The van der Waals surface area contributed by atoms with E-state index < -0.39 is 0 Å². The summed E-state index contributed by atoms with van der Waals surface area (Å²) < 4.78 is 7.09. The van der Waals surface area contributed by atoms with Crippen molar-refractivity contribution in [3.05, 3.63) is 50.9 Å². The summed E-state index contributed by atoms with van der Waals surface area (Å²) in [4.78, 5) is 0.343. The van der Waals surface area contributed by atoms with Gasteiger partial charge < -0.3 is 15.8 Å². The lowest BCUT2D eigenvalue weighted by atomic mass is 10.1. The quantitative estimate of drug-likeness (QED) is 0.716. The summed E-state index contributed by atoms with van der Waals surface area (Å²) in [6, 6.07) is 11.5. The first-order chi connectivity index (χ1) is 9.49. The van der Waals surface area contributed by atoms with E-state index in [-0.39, 0.29) is 0 Å². The van der Waals surface area contributed by atoms with Crippen LogP contribution >= 0.6 is 44.1 Å². The van der Waals surface area contributed by atoms with Crippen LogP contribution in [-0.4, -0.2) is 12.1 Å². The number of thiocarbonyl (C=S) groups is 1. The maximum atomic E-state index is 5.76. The first-order valence-electron chi connectivity index (χ1n) is 5.70. The van der Waals surface area contributed by atoms with Crippen molar-refractivity contribution in [3.63, 3.8) is 0 Å². The standard InChI is InChI=1S/C14H12Br2N2OS/c1-19-11-5-9(16)4-10(7-11)18-13-3-2-8(15)6-12(13)14(17)20/h2-7,18H,1H3,(H2,17,20). The molecule has 0 amide bonds. The normalized spacial score (nSPS) is 10.2. The largest absolute Gasteiger partial charge is 0.497 e. The highest BCUT2D eigenvalue weighted by molar-refractivity contribution is 9.10. The zero-order valence-corrected chi connectivity index (χ0v) is 14.6. The highest BCUT2D eigenvalue weighted by atomic mass is 79.9. The van der Waals surface area contributed by atoms with Gasteiger partial charge in [0.15, 0.2) is 0 Å². The van der Waals surface area contributed by atoms with Gasteiger partial charge in [-0.25, -0.2) is 0 Å². The number of methoxy groups -OCH3 is 1. The average molecular weight is 416 g/mol. The molecule has 0 spiro atoms.